The lowest BCUT2D eigenvalue weighted by molar-refractivity contribution is -0.114. The number of carbonyl (C=O) groups is 1. The molecule has 0 saturated carbocycles. The smallest absolute Gasteiger partial charge is 0.243 e. The van der Waals surface area contributed by atoms with Gasteiger partial charge in [0.25, 0.3) is 0 Å². The van der Waals surface area contributed by atoms with E-state index in [2.05, 4.69) is 28.5 Å². The van der Waals surface area contributed by atoms with Crippen LogP contribution in [0.15, 0.2) is 42.5 Å². The molecule has 2 aromatic carbocycles. The number of aryl methyl sites for hydroxylation is 2. The van der Waals surface area contributed by atoms with Crippen LogP contribution in [0, 0.1) is 13.8 Å². The Morgan fingerprint density at radius 3 is 2.48 bits per heavy atom. The number of rotatable bonds is 5. The van der Waals surface area contributed by atoms with Crippen LogP contribution in [0.1, 0.15) is 11.1 Å². The van der Waals surface area contributed by atoms with Crippen LogP contribution in [0.3, 0.4) is 0 Å². The predicted octanol–water partition coefficient (Wildman–Crippen LogP) is 3.19. The number of nitrogens with one attached hydrogen (secondary N) is 2. The third-order valence-corrected chi connectivity index (χ3v) is 4.35. The number of benzene rings is 2. The van der Waals surface area contributed by atoms with E-state index in [1.165, 1.54) is 5.56 Å². The Bertz CT molecular complexity index is 722. The van der Waals surface area contributed by atoms with Gasteiger partial charge in [0, 0.05) is 30.2 Å². The van der Waals surface area contributed by atoms with Crippen molar-refractivity contribution in [2.75, 3.05) is 48.4 Å². The maximum absolute atomic E-state index is 12.2. The molecule has 0 aliphatic carbocycles. The van der Waals surface area contributed by atoms with Gasteiger partial charge in [-0.1, -0.05) is 17.7 Å². The molecule has 0 atom stereocenters. The van der Waals surface area contributed by atoms with Crippen LogP contribution in [0.4, 0.5) is 17.1 Å². The van der Waals surface area contributed by atoms with Crippen molar-refractivity contribution in [3.8, 4) is 0 Å². The molecule has 1 amide bonds. The van der Waals surface area contributed by atoms with E-state index in [0.29, 0.717) is 0 Å². The third-order valence-electron chi connectivity index (χ3n) is 4.35. The molecule has 0 radical (unpaired) electrons. The first-order valence-corrected chi connectivity index (χ1v) is 8.65. The molecule has 0 aromatic heterocycles. The molecular weight excluding hydrogens is 314 g/mol. The molecule has 3 rings (SSSR count). The summed E-state index contributed by atoms with van der Waals surface area (Å²) in [4.78, 5) is 14.4. The second-order valence-electron chi connectivity index (χ2n) is 6.37. The lowest BCUT2D eigenvalue weighted by atomic mass is 10.1. The second-order valence-corrected chi connectivity index (χ2v) is 6.37. The Morgan fingerprint density at radius 2 is 1.80 bits per heavy atom. The van der Waals surface area contributed by atoms with Crippen LogP contribution in [0.25, 0.3) is 0 Å². The van der Waals surface area contributed by atoms with E-state index < -0.39 is 0 Å². The largest absolute Gasteiger partial charge is 0.378 e. The number of nitrogens with zero attached hydrogens (tertiary/aromatic N) is 1. The molecule has 0 unspecified atom stereocenters. The molecule has 1 saturated heterocycles. The van der Waals surface area contributed by atoms with Gasteiger partial charge in [0.05, 0.1) is 19.8 Å². The van der Waals surface area contributed by atoms with Gasteiger partial charge < -0.3 is 20.3 Å². The number of carbonyl (C=O) groups excluding carboxylic acids is 1. The minimum Gasteiger partial charge on any atom is -0.378 e. The van der Waals surface area contributed by atoms with Crippen molar-refractivity contribution in [3.63, 3.8) is 0 Å². The number of anilines is 3. The van der Waals surface area contributed by atoms with Crippen LogP contribution < -0.4 is 15.5 Å². The normalized spacial score (nSPS) is 14.2. The summed E-state index contributed by atoms with van der Waals surface area (Å²) >= 11 is 0. The maximum atomic E-state index is 12.2. The van der Waals surface area contributed by atoms with Gasteiger partial charge >= 0.3 is 0 Å². The standard InChI is InChI=1S/C20H25N3O2/c1-15-3-8-19(16(2)13-15)21-14-20(24)22-17-4-6-18(7-5-17)23-9-11-25-12-10-23/h3-8,13,21H,9-12,14H2,1-2H3,(H,22,24). The number of hydrogen-bond donors (Lipinski definition) is 2. The average Bonchev–Trinajstić information content (AvgIpc) is 2.62. The summed E-state index contributed by atoms with van der Waals surface area (Å²) in [5, 5.41) is 6.12. The molecule has 0 spiro atoms. The summed E-state index contributed by atoms with van der Waals surface area (Å²) < 4.78 is 5.37. The number of morpholine rings is 1. The van der Waals surface area contributed by atoms with Gasteiger partial charge in [-0.25, -0.2) is 0 Å². The molecule has 2 N–H and O–H groups in total. The van der Waals surface area contributed by atoms with Crippen molar-refractivity contribution in [2.45, 2.75) is 13.8 Å². The van der Waals surface area contributed by atoms with Crippen molar-refractivity contribution >= 4 is 23.0 Å². The van der Waals surface area contributed by atoms with E-state index in [1.807, 2.05) is 43.3 Å². The molecule has 0 bridgehead atoms. The number of ether oxygens (including phenoxy) is 1. The van der Waals surface area contributed by atoms with E-state index in [0.717, 1.165) is 48.9 Å². The van der Waals surface area contributed by atoms with Crippen LogP contribution in [-0.4, -0.2) is 38.8 Å². The summed E-state index contributed by atoms with van der Waals surface area (Å²) in [5.74, 6) is -0.0564. The first-order chi connectivity index (χ1) is 12.1. The van der Waals surface area contributed by atoms with Crippen LogP contribution in [-0.2, 0) is 9.53 Å². The van der Waals surface area contributed by atoms with Gasteiger partial charge in [-0.2, -0.15) is 0 Å². The van der Waals surface area contributed by atoms with Crippen LogP contribution >= 0.6 is 0 Å². The molecule has 1 heterocycles. The average molecular weight is 339 g/mol. The van der Waals surface area contributed by atoms with Crippen molar-refractivity contribution in [1.82, 2.24) is 0 Å². The van der Waals surface area contributed by atoms with Crippen molar-refractivity contribution in [2.24, 2.45) is 0 Å². The fourth-order valence-corrected chi connectivity index (χ4v) is 2.97. The van der Waals surface area contributed by atoms with E-state index in [1.54, 1.807) is 0 Å². The highest BCUT2D eigenvalue weighted by Crippen LogP contribution is 2.19. The van der Waals surface area contributed by atoms with Gasteiger partial charge in [0.1, 0.15) is 0 Å². The van der Waals surface area contributed by atoms with Gasteiger partial charge in [-0.3, -0.25) is 4.79 Å². The highest BCUT2D eigenvalue weighted by atomic mass is 16.5. The minimum atomic E-state index is -0.0564. The van der Waals surface area contributed by atoms with Gasteiger partial charge in [0.15, 0.2) is 0 Å². The molecule has 5 heteroatoms. The van der Waals surface area contributed by atoms with E-state index in [-0.39, 0.29) is 12.5 Å². The monoisotopic (exact) mass is 339 g/mol. The Hall–Kier alpha value is -2.53. The fraction of sp³-hybridized carbons (Fsp3) is 0.350. The number of hydrogen-bond acceptors (Lipinski definition) is 4. The molecule has 5 nitrogen and oxygen atoms in total. The lowest BCUT2D eigenvalue weighted by Crippen LogP contribution is -2.36. The zero-order valence-electron chi connectivity index (χ0n) is 14.8. The zero-order valence-corrected chi connectivity index (χ0v) is 14.8. The van der Waals surface area contributed by atoms with E-state index >= 15 is 0 Å². The topological polar surface area (TPSA) is 53.6 Å². The third kappa shape index (κ3) is 4.73. The second kappa shape index (κ2) is 8.03. The van der Waals surface area contributed by atoms with Crippen LogP contribution in [0.2, 0.25) is 0 Å². The maximum Gasteiger partial charge on any atom is 0.243 e. The first-order valence-electron chi connectivity index (χ1n) is 8.65. The highest BCUT2D eigenvalue weighted by molar-refractivity contribution is 5.94. The highest BCUT2D eigenvalue weighted by Gasteiger charge is 2.11. The molecule has 2 aromatic rings. The van der Waals surface area contributed by atoms with Crippen molar-refractivity contribution in [1.29, 1.82) is 0 Å². The Morgan fingerprint density at radius 1 is 1.08 bits per heavy atom. The summed E-state index contributed by atoms with van der Waals surface area (Å²) in [7, 11) is 0. The Balaban J connectivity index is 1.52. The van der Waals surface area contributed by atoms with Crippen molar-refractivity contribution in [3.05, 3.63) is 53.6 Å². The molecule has 1 aliphatic rings. The van der Waals surface area contributed by atoms with Crippen molar-refractivity contribution < 1.29 is 9.53 Å². The van der Waals surface area contributed by atoms with Gasteiger partial charge in [-0.15, -0.1) is 0 Å². The Labute approximate surface area is 149 Å². The van der Waals surface area contributed by atoms with E-state index in [4.69, 9.17) is 4.74 Å². The summed E-state index contributed by atoms with van der Waals surface area (Å²) in [5.41, 5.74) is 5.32. The molecule has 25 heavy (non-hydrogen) atoms. The van der Waals surface area contributed by atoms with Gasteiger partial charge in [-0.05, 0) is 49.7 Å². The molecule has 1 aliphatic heterocycles. The van der Waals surface area contributed by atoms with Crippen LogP contribution in [0.5, 0.6) is 0 Å². The SMILES string of the molecule is Cc1ccc(NCC(=O)Nc2ccc(N3CCOCC3)cc2)c(C)c1. The Kier molecular flexibility index (Phi) is 5.56. The number of amides is 1. The molecule has 132 valence electrons. The van der Waals surface area contributed by atoms with Gasteiger partial charge in [0.2, 0.25) is 5.91 Å². The predicted molar refractivity (Wildman–Crippen MR) is 103 cm³/mol. The van der Waals surface area contributed by atoms with E-state index in [9.17, 15) is 4.79 Å². The summed E-state index contributed by atoms with van der Waals surface area (Å²) in [6.45, 7) is 7.69. The molecule has 1 fully saturated rings. The zero-order chi connectivity index (χ0) is 17.6. The fourth-order valence-electron chi connectivity index (χ4n) is 2.97. The summed E-state index contributed by atoms with van der Waals surface area (Å²) in [6.07, 6.45) is 0. The molecular formula is C20H25N3O2. The minimum absolute atomic E-state index is 0.0564. The lowest BCUT2D eigenvalue weighted by Gasteiger charge is -2.28. The first kappa shape index (κ1) is 17.3. The summed E-state index contributed by atoms with van der Waals surface area (Å²) in [6, 6.07) is 14.1. The quantitative estimate of drug-likeness (QED) is 0.878.